The number of sulfonamides is 1. The van der Waals surface area contributed by atoms with Crippen LogP contribution in [0.1, 0.15) is 31.7 Å². The number of nitrogens with two attached hydrogens (primary N) is 1. The van der Waals surface area contributed by atoms with Gasteiger partial charge in [-0.05, 0) is 43.5 Å². The fourth-order valence-corrected chi connectivity index (χ4v) is 3.29. The molecule has 1 aliphatic rings. The number of benzene rings is 1. The first-order chi connectivity index (χ1) is 9.85. The molecule has 1 amide bonds. The first kappa shape index (κ1) is 15.9. The van der Waals surface area contributed by atoms with Crippen LogP contribution < -0.4 is 15.8 Å². The molecule has 0 aromatic heterocycles. The minimum atomic E-state index is -3.54. The molecule has 21 heavy (non-hydrogen) atoms. The fraction of sp³-hybridized carbons (Fsp3) is 0.500. The second-order valence-electron chi connectivity index (χ2n) is 5.42. The quantitative estimate of drug-likeness (QED) is 0.753. The number of hydrogen-bond acceptors (Lipinski definition) is 4. The summed E-state index contributed by atoms with van der Waals surface area (Å²) in [6.07, 6.45) is 2.57. The lowest BCUT2D eigenvalue weighted by Gasteiger charge is -2.26. The average Bonchev–Trinajstić information content (AvgIpc) is 2.89. The van der Waals surface area contributed by atoms with Gasteiger partial charge in [-0.15, -0.1) is 0 Å². The van der Waals surface area contributed by atoms with E-state index in [0.717, 1.165) is 25.8 Å². The summed E-state index contributed by atoms with van der Waals surface area (Å²) in [5, 5.41) is 11.2. The van der Waals surface area contributed by atoms with E-state index in [9.17, 15) is 13.2 Å². The van der Waals surface area contributed by atoms with Crippen LogP contribution in [0.15, 0.2) is 24.3 Å². The number of rotatable bonds is 5. The van der Waals surface area contributed by atoms with Gasteiger partial charge in [-0.3, -0.25) is 4.79 Å². The molecule has 0 bridgehead atoms. The number of carbonyl (C=O) groups excluding carboxylic acids is 1. The molecule has 116 valence electrons. The highest BCUT2D eigenvalue weighted by Crippen LogP contribution is 2.25. The average molecular weight is 311 g/mol. The van der Waals surface area contributed by atoms with E-state index < -0.39 is 15.6 Å². The first-order valence-corrected chi connectivity index (χ1v) is 8.72. The summed E-state index contributed by atoms with van der Waals surface area (Å²) in [5.41, 5.74) is 0.763. The van der Waals surface area contributed by atoms with Crippen LogP contribution in [0.25, 0.3) is 0 Å². The molecule has 4 N–H and O–H groups in total. The molecule has 7 heteroatoms. The van der Waals surface area contributed by atoms with E-state index in [4.69, 9.17) is 5.14 Å². The molecule has 6 nitrogen and oxygen atoms in total. The van der Waals surface area contributed by atoms with E-state index in [0.29, 0.717) is 11.3 Å². The molecule has 2 rings (SSSR count). The molecule has 1 unspecified atom stereocenters. The minimum Gasteiger partial charge on any atom is -0.324 e. The van der Waals surface area contributed by atoms with Gasteiger partial charge in [0.05, 0.1) is 11.3 Å². The lowest BCUT2D eigenvalue weighted by atomic mass is 9.93. The zero-order valence-electron chi connectivity index (χ0n) is 12.1. The first-order valence-electron chi connectivity index (χ1n) is 7.00. The smallest absolute Gasteiger partial charge is 0.244 e. The van der Waals surface area contributed by atoms with E-state index in [-0.39, 0.29) is 11.7 Å². The zero-order valence-corrected chi connectivity index (χ0v) is 12.9. The Morgan fingerprint density at radius 3 is 2.52 bits per heavy atom. The number of nitrogens with one attached hydrogen (secondary N) is 2. The van der Waals surface area contributed by atoms with Crippen LogP contribution in [0.2, 0.25) is 0 Å². The van der Waals surface area contributed by atoms with Gasteiger partial charge in [-0.25, -0.2) is 13.6 Å². The molecule has 1 heterocycles. The van der Waals surface area contributed by atoms with Crippen molar-refractivity contribution in [2.24, 2.45) is 5.14 Å². The lowest BCUT2D eigenvalue weighted by Crippen LogP contribution is -2.50. The number of primary sulfonamides is 1. The number of amides is 1. The molecule has 1 aromatic carbocycles. The molecule has 1 fully saturated rings. The van der Waals surface area contributed by atoms with E-state index in [1.165, 1.54) is 0 Å². The number of anilines is 1. The topological polar surface area (TPSA) is 101 Å². The van der Waals surface area contributed by atoms with Gasteiger partial charge in [0.1, 0.15) is 0 Å². The standard InChI is InChI=1S/C14H21N3O3S/c1-2-14(8-3-9-16-14)13(18)17-12-6-4-11(5-7-12)10-21(15,19)20/h4-7,16H,2-3,8-10H2,1H3,(H,17,18)(H2,15,19,20). The third-order valence-corrected chi connectivity index (χ3v) is 4.60. The van der Waals surface area contributed by atoms with Gasteiger partial charge in [0.2, 0.25) is 15.9 Å². The third-order valence-electron chi connectivity index (χ3n) is 3.86. The molecule has 0 radical (unpaired) electrons. The predicted octanol–water partition coefficient (Wildman–Crippen LogP) is 0.946. The maximum atomic E-state index is 12.4. The highest BCUT2D eigenvalue weighted by Gasteiger charge is 2.38. The Bertz CT molecular complexity index is 605. The van der Waals surface area contributed by atoms with Crippen LogP contribution >= 0.6 is 0 Å². The molecule has 1 aromatic rings. The van der Waals surface area contributed by atoms with E-state index in [2.05, 4.69) is 10.6 Å². The van der Waals surface area contributed by atoms with Crippen LogP contribution in [0, 0.1) is 0 Å². The summed E-state index contributed by atoms with van der Waals surface area (Å²) in [6.45, 7) is 2.85. The van der Waals surface area contributed by atoms with Gasteiger partial charge in [0, 0.05) is 5.69 Å². The maximum Gasteiger partial charge on any atom is 0.244 e. The van der Waals surface area contributed by atoms with Crippen LogP contribution in [0.5, 0.6) is 0 Å². The largest absolute Gasteiger partial charge is 0.324 e. The maximum absolute atomic E-state index is 12.4. The fourth-order valence-electron chi connectivity index (χ4n) is 2.63. The van der Waals surface area contributed by atoms with Crippen molar-refractivity contribution in [3.05, 3.63) is 29.8 Å². The molecular weight excluding hydrogens is 290 g/mol. The highest BCUT2D eigenvalue weighted by atomic mass is 32.2. The summed E-state index contributed by atoms with van der Waals surface area (Å²) in [7, 11) is -3.54. The van der Waals surface area contributed by atoms with Gasteiger partial charge < -0.3 is 10.6 Å². The zero-order chi connectivity index (χ0) is 15.5. The van der Waals surface area contributed by atoms with Crippen molar-refractivity contribution in [2.45, 2.75) is 37.5 Å². The summed E-state index contributed by atoms with van der Waals surface area (Å²) < 4.78 is 22.0. The lowest BCUT2D eigenvalue weighted by molar-refractivity contribution is -0.122. The van der Waals surface area contributed by atoms with E-state index in [1.54, 1.807) is 24.3 Å². The monoisotopic (exact) mass is 311 g/mol. The Kier molecular flexibility index (Phi) is 4.65. The molecule has 0 spiro atoms. The summed E-state index contributed by atoms with van der Waals surface area (Å²) in [4.78, 5) is 12.4. The van der Waals surface area contributed by atoms with Crippen molar-refractivity contribution in [1.82, 2.24) is 5.32 Å². The molecule has 1 saturated heterocycles. The van der Waals surface area contributed by atoms with E-state index in [1.807, 2.05) is 6.92 Å². The van der Waals surface area contributed by atoms with E-state index >= 15 is 0 Å². The van der Waals surface area contributed by atoms with Crippen LogP contribution in [-0.4, -0.2) is 26.4 Å². The summed E-state index contributed by atoms with van der Waals surface area (Å²) >= 11 is 0. The van der Waals surface area contributed by atoms with Crippen LogP contribution in [0.4, 0.5) is 5.69 Å². The Balaban J connectivity index is 2.05. The number of hydrogen-bond donors (Lipinski definition) is 3. The van der Waals surface area contributed by atoms with Crippen molar-refractivity contribution in [3.63, 3.8) is 0 Å². The van der Waals surface area contributed by atoms with Crippen molar-refractivity contribution >= 4 is 21.6 Å². The second-order valence-corrected chi connectivity index (χ2v) is 7.04. The van der Waals surface area contributed by atoms with Crippen molar-refractivity contribution in [3.8, 4) is 0 Å². The van der Waals surface area contributed by atoms with Crippen LogP contribution in [0.3, 0.4) is 0 Å². The minimum absolute atomic E-state index is 0.0401. The van der Waals surface area contributed by atoms with Gasteiger partial charge in [0.15, 0.2) is 0 Å². The summed E-state index contributed by atoms with van der Waals surface area (Å²) in [5.74, 6) is -0.247. The second kappa shape index (κ2) is 6.13. The predicted molar refractivity (Wildman–Crippen MR) is 82.1 cm³/mol. The van der Waals surface area contributed by atoms with Gasteiger partial charge in [-0.2, -0.15) is 0 Å². The van der Waals surface area contributed by atoms with Gasteiger partial charge in [0.25, 0.3) is 0 Å². The third kappa shape index (κ3) is 4.03. The molecule has 0 aliphatic carbocycles. The van der Waals surface area contributed by atoms with Crippen molar-refractivity contribution in [2.75, 3.05) is 11.9 Å². The molecule has 0 saturated carbocycles. The van der Waals surface area contributed by atoms with Gasteiger partial charge in [-0.1, -0.05) is 19.1 Å². The Labute approximate surface area is 125 Å². The van der Waals surface area contributed by atoms with Crippen molar-refractivity contribution in [1.29, 1.82) is 0 Å². The SMILES string of the molecule is CCC1(C(=O)Nc2ccc(CS(N)(=O)=O)cc2)CCCN1. The summed E-state index contributed by atoms with van der Waals surface area (Å²) in [6, 6.07) is 6.69. The Hall–Kier alpha value is -1.44. The number of carbonyl (C=O) groups is 1. The Morgan fingerprint density at radius 1 is 1.38 bits per heavy atom. The van der Waals surface area contributed by atoms with Crippen LogP contribution in [-0.2, 0) is 20.6 Å². The molecule has 1 aliphatic heterocycles. The normalized spacial score (nSPS) is 22.2. The highest BCUT2D eigenvalue weighted by molar-refractivity contribution is 7.88. The van der Waals surface area contributed by atoms with Gasteiger partial charge >= 0.3 is 0 Å². The molecule has 1 atom stereocenters. The molecular formula is C14H21N3O3S. The Morgan fingerprint density at radius 2 is 2.05 bits per heavy atom. The van der Waals surface area contributed by atoms with Crippen molar-refractivity contribution < 1.29 is 13.2 Å².